The van der Waals surface area contributed by atoms with E-state index in [1.165, 1.54) is 11.8 Å². The molecule has 1 aliphatic rings. The van der Waals surface area contributed by atoms with E-state index in [4.69, 9.17) is 31.2 Å². The summed E-state index contributed by atoms with van der Waals surface area (Å²) in [4.78, 5) is 18.8. The second-order valence-electron chi connectivity index (χ2n) is 10.5. The second-order valence-corrected chi connectivity index (χ2v) is 12.7. The molecule has 6 rings (SSSR count). The first kappa shape index (κ1) is 31.7. The number of benzene rings is 4. The first-order valence-electron chi connectivity index (χ1n) is 14.7. The number of halogens is 2. The number of nitrogens with one attached hydrogen (secondary N) is 2. The van der Waals surface area contributed by atoms with Crippen molar-refractivity contribution in [3.05, 3.63) is 135 Å². The Morgan fingerprint density at radius 1 is 1.02 bits per heavy atom. The molecule has 2 heterocycles. The molecular weight excluding hydrogens is 686 g/mol. The Morgan fingerprint density at radius 3 is 2.59 bits per heavy atom. The molecule has 0 fully saturated rings. The number of hydrogen-bond donors (Lipinski definition) is 2. The van der Waals surface area contributed by atoms with Gasteiger partial charge in [-0.25, -0.2) is 4.68 Å². The molecule has 1 unspecified atom stereocenters. The smallest absolute Gasteiger partial charge is 0.255 e. The molecule has 0 bridgehead atoms. The number of carbonyl (C=O) groups excluding carboxylic acids is 1. The minimum Gasteiger partial charge on any atom is -0.492 e. The highest BCUT2D eigenvalue weighted by molar-refractivity contribution is 9.10. The van der Waals surface area contributed by atoms with Gasteiger partial charge in [-0.15, -0.1) is 5.10 Å². The van der Waals surface area contributed by atoms with E-state index >= 15 is 0 Å². The minimum absolute atomic E-state index is 0.274. The van der Waals surface area contributed by atoms with Crippen LogP contribution < -0.4 is 20.1 Å². The second kappa shape index (κ2) is 14.5. The fourth-order valence-electron chi connectivity index (χ4n) is 5.13. The summed E-state index contributed by atoms with van der Waals surface area (Å²) in [5, 5.41) is 12.5. The first-order chi connectivity index (χ1) is 22.4. The third-order valence-electron chi connectivity index (χ3n) is 7.32. The molecule has 8 nitrogen and oxygen atoms in total. The van der Waals surface area contributed by atoms with Gasteiger partial charge >= 0.3 is 0 Å². The first-order valence-corrected chi connectivity index (χ1v) is 16.9. The normalized spacial score (nSPS) is 14.0. The Kier molecular flexibility index (Phi) is 9.97. The van der Waals surface area contributed by atoms with Crippen molar-refractivity contribution in [1.29, 1.82) is 0 Å². The Morgan fingerprint density at radius 2 is 1.80 bits per heavy atom. The van der Waals surface area contributed by atoms with Crippen molar-refractivity contribution in [2.45, 2.75) is 37.4 Å². The molecule has 234 valence electrons. The van der Waals surface area contributed by atoms with E-state index in [0.29, 0.717) is 63.6 Å². The van der Waals surface area contributed by atoms with Crippen molar-refractivity contribution in [2.75, 3.05) is 17.2 Å². The quantitative estimate of drug-likeness (QED) is 0.132. The summed E-state index contributed by atoms with van der Waals surface area (Å²) in [7, 11) is 0. The zero-order valence-electron chi connectivity index (χ0n) is 25.2. The lowest BCUT2D eigenvalue weighted by Crippen LogP contribution is -2.31. The molecule has 1 aliphatic heterocycles. The Labute approximate surface area is 285 Å². The molecule has 0 spiro atoms. The van der Waals surface area contributed by atoms with Gasteiger partial charge in [-0.05, 0) is 73.0 Å². The lowest BCUT2D eigenvalue weighted by atomic mass is 9.95. The van der Waals surface area contributed by atoms with E-state index in [1.54, 1.807) is 4.68 Å². The largest absolute Gasteiger partial charge is 0.492 e. The fourth-order valence-corrected chi connectivity index (χ4v) is 6.69. The Balaban J connectivity index is 1.31. The maximum absolute atomic E-state index is 14.1. The van der Waals surface area contributed by atoms with E-state index < -0.39 is 6.04 Å². The number of hydrogen-bond acceptors (Lipinski definition) is 7. The lowest BCUT2D eigenvalue weighted by molar-refractivity contribution is -0.113. The van der Waals surface area contributed by atoms with Crippen LogP contribution in [0.25, 0.3) is 0 Å². The highest BCUT2D eigenvalue weighted by Gasteiger charge is 2.35. The van der Waals surface area contributed by atoms with Crippen LogP contribution in [0.15, 0.2) is 118 Å². The van der Waals surface area contributed by atoms with Gasteiger partial charge in [0.15, 0.2) is 0 Å². The van der Waals surface area contributed by atoms with Crippen LogP contribution in [0.3, 0.4) is 0 Å². The number of anilines is 2. The number of amides is 1. The van der Waals surface area contributed by atoms with Crippen LogP contribution in [0, 0.1) is 0 Å². The van der Waals surface area contributed by atoms with E-state index in [0.717, 1.165) is 21.2 Å². The molecule has 1 aromatic heterocycles. The molecule has 1 atom stereocenters. The number of rotatable bonds is 11. The summed E-state index contributed by atoms with van der Waals surface area (Å²) in [6.45, 7) is 4.69. The average molecular weight is 717 g/mol. The number of fused-ring (bicyclic) bond motifs is 1. The molecular formula is C35H31BrClN5O3S. The standard InChI is InChI=1S/C35H31BrClN5O3S/c1-3-44-30-14-7-6-13-29(30)39-33(43)31-22(2)38-34-40-35(46-21-25-10-4-5-12-28(25)37)41-42(34)32(31)24-15-17-27(18-16-24)45-20-23-9-8-11-26(36)19-23/h4-19,32H,3,20-21H2,1-2H3,(H,39,43)(H,38,40,41). The topological polar surface area (TPSA) is 90.3 Å². The number of allylic oxidation sites excluding steroid dienone is 1. The highest BCUT2D eigenvalue weighted by Crippen LogP contribution is 2.38. The zero-order valence-corrected chi connectivity index (χ0v) is 28.3. The summed E-state index contributed by atoms with van der Waals surface area (Å²) in [5.74, 6) is 2.19. The van der Waals surface area contributed by atoms with Gasteiger partial charge in [-0.1, -0.05) is 93.9 Å². The summed E-state index contributed by atoms with van der Waals surface area (Å²) >= 11 is 11.4. The van der Waals surface area contributed by atoms with Gasteiger partial charge in [-0.3, -0.25) is 4.79 Å². The van der Waals surface area contributed by atoms with Crippen molar-refractivity contribution in [3.63, 3.8) is 0 Å². The minimum atomic E-state index is -0.559. The van der Waals surface area contributed by atoms with Gasteiger partial charge in [-0.2, -0.15) is 4.98 Å². The van der Waals surface area contributed by atoms with Crippen LogP contribution in [-0.2, 0) is 17.2 Å². The molecule has 0 saturated heterocycles. The summed E-state index contributed by atoms with van der Waals surface area (Å²) in [6, 6.07) is 30.3. The fraction of sp³-hybridized carbons (Fsp3) is 0.171. The maximum Gasteiger partial charge on any atom is 0.255 e. The molecule has 0 radical (unpaired) electrons. The van der Waals surface area contributed by atoms with Crippen LogP contribution in [0.5, 0.6) is 11.5 Å². The van der Waals surface area contributed by atoms with Gasteiger partial charge in [0, 0.05) is 20.9 Å². The van der Waals surface area contributed by atoms with Crippen molar-refractivity contribution < 1.29 is 14.3 Å². The molecule has 4 aromatic carbocycles. The molecule has 5 aromatic rings. The van der Waals surface area contributed by atoms with Gasteiger partial charge in [0.05, 0.1) is 17.9 Å². The number of carbonyl (C=O) groups is 1. The maximum atomic E-state index is 14.1. The number of thioether (sulfide) groups is 1. The van der Waals surface area contributed by atoms with Gasteiger partial charge in [0.2, 0.25) is 11.1 Å². The summed E-state index contributed by atoms with van der Waals surface area (Å²) in [6.07, 6.45) is 0. The van der Waals surface area contributed by atoms with Crippen molar-refractivity contribution in [1.82, 2.24) is 14.8 Å². The Hall–Kier alpha value is -4.25. The number of nitrogens with zero attached hydrogens (tertiary/aromatic N) is 3. The van der Waals surface area contributed by atoms with Crippen molar-refractivity contribution in [2.24, 2.45) is 0 Å². The van der Waals surface area contributed by atoms with Crippen LogP contribution in [0.1, 0.15) is 36.6 Å². The van der Waals surface area contributed by atoms with Crippen LogP contribution >= 0.6 is 39.3 Å². The van der Waals surface area contributed by atoms with E-state index in [1.807, 2.05) is 111 Å². The van der Waals surface area contributed by atoms with Crippen LogP contribution in [0.2, 0.25) is 5.02 Å². The molecule has 11 heteroatoms. The lowest BCUT2D eigenvalue weighted by Gasteiger charge is -2.29. The molecule has 2 N–H and O–H groups in total. The monoisotopic (exact) mass is 715 g/mol. The third-order valence-corrected chi connectivity index (χ3v) is 9.07. The van der Waals surface area contributed by atoms with Gasteiger partial charge in [0.1, 0.15) is 24.1 Å². The zero-order chi connectivity index (χ0) is 32.0. The van der Waals surface area contributed by atoms with E-state index in [2.05, 4.69) is 26.6 Å². The SMILES string of the molecule is CCOc1ccccc1NC(=O)C1=C(C)Nc2nc(SCc3ccccc3Cl)nn2C1c1ccc(OCc2cccc(Br)c2)cc1. The predicted octanol–water partition coefficient (Wildman–Crippen LogP) is 8.89. The van der Waals surface area contributed by atoms with Crippen molar-refractivity contribution >= 4 is 56.8 Å². The van der Waals surface area contributed by atoms with E-state index in [-0.39, 0.29) is 5.91 Å². The van der Waals surface area contributed by atoms with Crippen LogP contribution in [0.4, 0.5) is 11.6 Å². The Bertz CT molecular complexity index is 1900. The molecule has 46 heavy (non-hydrogen) atoms. The van der Waals surface area contributed by atoms with Crippen molar-refractivity contribution in [3.8, 4) is 11.5 Å². The average Bonchev–Trinajstić information content (AvgIpc) is 3.46. The number of aromatic nitrogens is 3. The molecule has 0 saturated carbocycles. The number of para-hydroxylation sites is 2. The van der Waals surface area contributed by atoms with Gasteiger partial charge < -0.3 is 20.1 Å². The van der Waals surface area contributed by atoms with E-state index in [9.17, 15) is 4.79 Å². The predicted molar refractivity (Wildman–Crippen MR) is 187 cm³/mol. The number of ether oxygens (including phenoxy) is 2. The van der Waals surface area contributed by atoms with Gasteiger partial charge in [0.25, 0.3) is 5.91 Å². The summed E-state index contributed by atoms with van der Waals surface area (Å²) < 4.78 is 14.6. The molecule has 0 aliphatic carbocycles. The highest BCUT2D eigenvalue weighted by atomic mass is 79.9. The third kappa shape index (κ3) is 7.25. The molecule has 1 amide bonds. The summed E-state index contributed by atoms with van der Waals surface area (Å²) in [5.41, 5.74) is 4.67. The van der Waals surface area contributed by atoms with Crippen LogP contribution in [-0.4, -0.2) is 27.3 Å².